The van der Waals surface area contributed by atoms with E-state index in [1.807, 2.05) is 28.8 Å². The number of aromatic amines is 1. The molecular formula is C14H10ClFN2S. The molecule has 3 aromatic rings. The number of aromatic nitrogens is 2. The van der Waals surface area contributed by atoms with Gasteiger partial charge in [-0.1, -0.05) is 23.7 Å². The number of nitrogens with zero attached hydrogens (tertiary/aromatic N) is 1. The van der Waals surface area contributed by atoms with E-state index in [0.29, 0.717) is 16.3 Å². The summed E-state index contributed by atoms with van der Waals surface area (Å²) in [7, 11) is 0. The molecule has 0 aliphatic carbocycles. The van der Waals surface area contributed by atoms with Crippen molar-refractivity contribution in [3.63, 3.8) is 0 Å². The molecule has 2 aromatic carbocycles. The Morgan fingerprint density at radius 1 is 1.16 bits per heavy atom. The average Bonchev–Trinajstić information content (AvgIpc) is 2.69. The van der Waals surface area contributed by atoms with E-state index in [1.165, 1.54) is 12.1 Å². The molecule has 2 nitrogen and oxygen atoms in total. The zero-order chi connectivity index (χ0) is 13.4. The Bertz CT molecular complexity index is 789. The fraction of sp³-hybridized carbons (Fsp3) is 0.0714. The van der Waals surface area contributed by atoms with Gasteiger partial charge in [-0.25, -0.2) is 4.39 Å². The quantitative estimate of drug-likeness (QED) is 0.688. The first-order valence-corrected chi connectivity index (χ1v) is 6.54. The largest absolute Gasteiger partial charge is 0.331 e. The third kappa shape index (κ3) is 2.41. The van der Waals surface area contributed by atoms with Gasteiger partial charge in [0.1, 0.15) is 5.82 Å². The molecule has 96 valence electrons. The highest BCUT2D eigenvalue weighted by molar-refractivity contribution is 7.71. The molecule has 0 amide bonds. The fourth-order valence-electron chi connectivity index (χ4n) is 2.06. The number of imidazole rings is 1. The minimum atomic E-state index is -0.272. The van der Waals surface area contributed by atoms with Gasteiger partial charge in [0.25, 0.3) is 0 Å². The Balaban J connectivity index is 2.09. The van der Waals surface area contributed by atoms with E-state index in [0.717, 1.165) is 16.6 Å². The third-order valence-corrected chi connectivity index (χ3v) is 3.57. The molecule has 3 rings (SSSR count). The van der Waals surface area contributed by atoms with Gasteiger partial charge in [0, 0.05) is 5.02 Å². The van der Waals surface area contributed by atoms with Gasteiger partial charge < -0.3 is 9.55 Å². The van der Waals surface area contributed by atoms with Crippen LogP contribution in [0.3, 0.4) is 0 Å². The van der Waals surface area contributed by atoms with E-state index >= 15 is 0 Å². The van der Waals surface area contributed by atoms with Crippen LogP contribution in [0.1, 0.15) is 5.56 Å². The molecule has 1 N–H and O–H groups in total. The van der Waals surface area contributed by atoms with Crippen LogP contribution in [-0.4, -0.2) is 9.55 Å². The summed E-state index contributed by atoms with van der Waals surface area (Å²) in [6.45, 7) is 0.583. The molecule has 0 bridgehead atoms. The van der Waals surface area contributed by atoms with Crippen molar-refractivity contribution in [3.05, 3.63) is 63.6 Å². The molecule has 0 atom stereocenters. The van der Waals surface area contributed by atoms with Gasteiger partial charge in [0.05, 0.1) is 17.6 Å². The van der Waals surface area contributed by atoms with Crippen molar-refractivity contribution in [2.75, 3.05) is 0 Å². The predicted octanol–water partition coefficient (Wildman–Crippen LogP) is 4.54. The Labute approximate surface area is 119 Å². The average molecular weight is 293 g/mol. The third-order valence-electron chi connectivity index (χ3n) is 2.99. The van der Waals surface area contributed by atoms with Crippen LogP contribution in [-0.2, 0) is 6.54 Å². The highest BCUT2D eigenvalue weighted by Gasteiger charge is 2.06. The molecule has 0 saturated heterocycles. The summed E-state index contributed by atoms with van der Waals surface area (Å²) in [6, 6.07) is 12.1. The van der Waals surface area contributed by atoms with Crippen LogP contribution in [0.2, 0.25) is 5.02 Å². The molecule has 0 aliphatic rings. The van der Waals surface area contributed by atoms with E-state index in [4.69, 9.17) is 23.8 Å². The first-order chi connectivity index (χ1) is 9.13. The SMILES string of the molecule is Fc1ccc2[nH]c(=S)n(Cc3ccc(Cl)cc3)c2c1. The molecule has 0 unspecified atom stereocenters. The van der Waals surface area contributed by atoms with Crippen molar-refractivity contribution >= 4 is 34.9 Å². The van der Waals surface area contributed by atoms with Crippen molar-refractivity contribution in [2.24, 2.45) is 0 Å². The Morgan fingerprint density at radius 3 is 2.63 bits per heavy atom. The first kappa shape index (κ1) is 12.4. The van der Waals surface area contributed by atoms with Gasteiger partial charge in [-0.15, -0.1) is 0 Å². The van der Waals surface area contributed by atoms with Crippen molar-refractivity contribution < 1.29 is 4.39 Å². The lowest BCUT2D eigenvalue weighted by molar-refractivity contribution is 0.628. The van der Waals surface area contributed by atoms with Crippen molar-refractivity contribution in [3.8, 4) is 0 Å². The molecule has 1 aromatic heterocycles. The molecular weight excluding hydrogens is 283 g/mol. The van der Waals surface area contributed by atoms with Crippen LogP contribution in [0.5, 0.6) is 0 Å². The lowest BCUT2D eigenvalue weighted by atomic mass is 10.2. The van der Waals surface area contributed by atoms with E-state index in [1.54, 1.807) is 6.07 Å². The van der Waals surface area contributed by atoms with E-state index in [-0.39, 0.29) is 5.82 Å². The van der Waals surface area contributed by atoms with E-state index in [2.05, 4.69) is 4.98 Å². The van der Waals surface area contributed by atoms with Crippen LogP contribution in [0.4, 0.5) is 4.39 Å². The van der Waals surface area contributed by atoms with E-state index < -0.39 is 0 Å². The predicted molar refractivity (Wildman–Crippen MR) is 77.6 cm³/mol. The van der Waals surface area contributed by atoms with Crippen LogP contribution >= 0.6 is 23.8 Å². The highest BCUT2D eigenvalue weighted by Crippen LogP contribution is 2.18. The molecule has 5 heteroatoms. The number of rotatable bonds is 2. The van der Waals surface area contributed by atoms with Crippen molar-refractivity contribution in [1.82, 2.24) is 9.55 Å². The van der Waals surface area contributed by atoms with Crippen molar-refractivity contribution in [1.29, 1.82) is 0 Å². The van der Waals surface area contributed by atoms with Gasteiger partial charge in [0.2, 0.25) is 0 Å². The van der Waals surface area contributed by atoms with Crippen molar-refractivity contribution in [2.45, 2.75) is 6.54 Å². The van der Waals surface area contributed by atoms with Gasteiger partial charge in [-0.3, -0.25) is 0 Å². The number of H-pyrrole nitrogens is 1. The van der Waals surface area contributed by atoms with Crippen LogP contribution in [0.15, 0.2) is 42.5 Å². The highest BCUT2D eigenvalue weighted by atomic mass is 35.5. The van der Waals surface area contributed by atoms with E-state index in [9.17, 15) is 4.39 Å². The maximum atomic E-state index is 13.3. The lowest BCUT2D eigenvalue weighted by Crippen LogP contribution is -1.99. The van der Waals surface area contributed by atoms with Gasteiger partial charge in [-0.05, 0) is 48.1 Å². The lowest BCUT2D eigenvalue weighted by Gasteiger charge is -2.05. The Kier molecular flexibility index (Phi) is 3.12. The summed E-state index contributed by atoms with van der Waals surface area (Å²) in [4.78, 5) is 3.07. The van der Waals surface area contributed by atoms with Gasteiger partial charge in [0.15, 0.2) is 4.77 Å². The second-order valence-electron chi connectivity index (χ2n) is 4.30. The Morgan fingerprint density at radius 2 is 1.89 bits per heavy atom. The molecule has 0 saturated carbocycles. The minimum absolute atomic E-state index is 0.272. The molecule has 19 heavy (non-hydrogen) atoms. The summed E-state index contributed by atoms with van der Waals surface area (Å²) in [5, 5.41) is 0.692. The molecule has 0 aliphatic heterocycles. The Hall–Kier alpha value is -1.65. The molecule has 0 spiro atoms. The summed E-state index contributed by atoms with van der Waals surface area (Å²) in [6.07, 6.45) is 0. The summed E-state index contributed by atoms with van der Waals surface area (Å²) in [5.74, 6) is -0.272. The zero-order valence-electron chi connectivity index (χ0n) is 9.86. The van der Waals surface area contributed by atoms with Crippen LogP contribution < -0.4 is 0 Å². The minimum Gasteiger partial charge on any atom is -0.331 e. The molecule has 1 heterocycles. The number of hydrogen-bond donors (Lipinski definition) is 1. The maximum Gasteiger partial charge on any atom is 0.178 e. The number of halogens is 2. The summed E-state index contributed by atoms with van der Waals surface area (Å²) >= 11 is 11.1. The number of fused-ring (bicyclic) bond motifs is 1. The monoisotopic (exact) mass is 292 g/mol. The smallest absolute Gasteiger partial charge is 0.178 e. The second kappa shape index (κ2) is 4.79. The van der Waals surface area contributed by atoms with Crippen LogP contribution in [0, 0.1) is 10.6 Å². The van der Waals surface area contributed by atoms with Gasteiger partial charge >= 0.3 is 0 Å². The summed E-state index contributed by atoms with van der Waals surface area (Å²) in [5.41, 5.74) is 2.66. The summed E-state index contributed by atoms with van der Waals surface area (Å²) < 4.78 is 15.8. The standard InChI is InChI=1S/C14H10ClFN2S/c15-10-3-1-9(2-4-10)8-18-13-7-11(16)5-6-12(13)17-14(18)19/h1-7H,8H2,(H,17,19). The number of nitrogens with one attached hydrogen (secondary N) is 1. The second-order valence-corrected chi connectivity index (χ2v) is 5.13. The topological polar surface area (TPSA) is 20.7 Å². The molecule has 0 radical (unpaired) electrons. The van der Waals surface area contributed by atoms with Crippen LogP contribution in [0.25, 0.3) is 11.0 Å². The normalized spacial score (nSPS) is 11.1. The number of hydrogen-bond acceptors (Lipinski definition) is 1. The number of benzene rings is 2. The van der Waals surface area contributed by atoms with Gasteiger partial charge in [-0.2, -0.15) is 0 Å². The first-order valence-electron chi connectivity index (χ1n) is 5.76. The maximum absolute atomic E-state index is 13.3. The fourth-order valence-corrected chi connectivity index (χ4v) is 2.45. The zero-order valence-corrected chi connectivity index (χ0v) is 11.4. The molecule has 0 fully saturated rings.